The molecule has 0 amide bonds. The molecule has 0 unspecified atom stereocenters. The first-order valence-electron chi connectivity index (χ1n) is 5.60. The minimum Gasteiger partial charge on any atom is -0.312 e. The third kappa shape index (κ3) is 4.63. The predicted molar refractivity (Wildman–Crippen MR) is 60.2 cm³/mol. The minimum absolute atomic E-state index is 0.418. The molecule has 0 atom stereocenters. The van der Waals surface area contributed by atoms with Crippen molar-refractivity contribution in [2.75, 3.05) is 26.7 Å². The Morgan fingerprint density at radius 2 is 1.69 bits per heavy atom. The van der Waals surface area contributed by atoms with Gasteiger partial charge in [-0.15, -0.1) is 0 Å². The van der Waals surface area contributed by atoms with Gasteiger partial charge in [-0.25, -0.2) is 0 Å². The molecule has 80 valence electrons. The Morgan fingerprint density at radius 3 is 2.08 bits per heavy atom. The van der Waals surface area contributed by atoms with Crippen molar-refractivity contribution in [3.8, 4) is 0 Å². The molecule has 2 nitrogen and oxygen atoms in total. The van der Waals surface area contributed by atoms with Crippen molar-refractivity contribution in [1.82, 2.24) is 10.2 Å². The van der Waals surface area contributed by atoms with Gasteiger partial charge in [0.15, 0.2) is 0 Å². The summed E-state index contributed by atoms with van der Waals surface area (Å²) in [5.41, 5.74) is 0.418. The molecule has 0 bridgehead atoms. The summed E-state index contributed by atoms with van der Waals surface area (Å²) in [6.07, 6.45) is 2.58. The second-order valence-corrected chi connectivity index (χ2v) is 3.89. The summed E-state index contributed by atoms with van der Waals surface area (Å²) in [7, 11) is 2.20. The fourth-order valence-electron chi connectivity index (χ4n) is 1.72. The number of piperidine rings is 1. The molecule has 0 aliphatic carbocycles. The van der Waals surface area contributed by atoms with E-state index in [1.165, 1.54) is 25.9 Å². The third-order valence-electron chi connectivity index (χ3n) is 2.69. The van der Waals surface area contributed by atoms with Crippen LogP contribution in [0.4, 0.5) is 0 Å². The average molecular weight is 186 g/mol. The van der Waals surface area contributed by atoms with E-state index in [0.717, 1.165) is 6.54 Å². The lowest BCUT2D eigenvalue weighted by molar-refractivity contribution is 0.173. The molecule has 1 fully saturated rings. The lowest BCUT2D eigenvalue weighted by atomic mass is 9.90. The van der Waals surface area contributed by atoms with Crippen LogP contribution < -0.4 is 5.32 Å². The molecule has 0 saturated carbocycles. The zero-order valence-corrected chi connectivity index (χ0v) is 9.98. The standard InChI is InChI=1S/C9H20N2.C2H6/c1-4-10-9(2)5-7-11(3)8-6-9;1-2/h10H,4-8H2,1-3H3;1-2H3. The van der Waals surface area contributed by atoms with Crippen LogP contribution in [0.15, 0.2) is 0 Å². The van der Waals surface area contributed by atoms with Gasteiger partial charge in [0.2, 0.25) is 0 Å². The SMILES string of the molecule is CC.CCNC1(C)CCN(C)CC1. The van der Waals surface area contributed by atoms with Crippen LogP contribution >= 0.6 is 0 Å². The van der Waals surface area contributed by atoms with Crippen molar-refractivity contribution in [3.05, 3.63) is 0 Å². The van der Waals surface area contributed by atoms with Crippen LogP contribution in [0.2, 0.25) is 0 Å². The minimum atomic E-state index is 0.418. The molecule has 2 heteroatoms. The van der Waals surface area contributed by atoms with Crippen LogP contribution in [0, 0.1) is 0 Å². The molecule has 1 N–H and O–H groups in total. The van der Waals surface area contributed by atoms with E-state index in [1.807, 2.05) is 13.8 Å². The first-order valence-corrected chi connectivity index (χ1v) is 5.60. The van der Waals surface area contributed by atoms with E-state index in [-0.39, 0.29) is 0 Å². The fourth-order valence-corrected chi connectivity index (χ4v) is 1.72. The summed E-state index contributed by atoms with van der Waals surface area (Å²) in [6.45, 7) is 12.1. The smallest absolute Gasteiger partial charge is 0.0177 e. The molecule has 1 rings (SSSR count). The van der Waals surface area contributed by atoms with Gasteiger partial charge in [0.1, 0.15) is 0 Å². The van der Waals surface area contributed by atoms with Crippen molar-refractivity contribution >= 4 is 0 Å². The first-order chi connectivity index (χ1) is 6.16. The highest BCUT2D eigenvalue weighted by atomic mass is 15.1. The van der Waals surface area contributed by atoms with Gasteiger partial charge in [0.25, 0.3) is 0 Å². The van der Waals surface area contributed by atoms with Gasteiger partial charge in [-0.05, 0) is 46.4 Å². The van der Waals surface area contributed by atoms with Crippen molar-refractivity contribution < 1.29 is 0 Å². The fraction of sp³-hybridized carbons (Fsp3) is 1.00. The molecular formula is C11H26N2. The summed E-state index contributed by atoms with van der Waals surface area (Å²) < 4.78 is 0. The molecule has 0 aromatic heterocycles. The van der Waals surface area contributed by atoms with Gasteiger partial charge >= 0.3 is 0 Å². The van der Waals surface area contributed by atoms with E-state index in [0.29, 0.717) is 5.54 Å². The third-order valence-corrected chi connectivity index (χ3v) is 2.69. The largest absolute Gasteiger partial charge is 0.312 e. The zero-order valence-electron chi connectivity index (χ0n) is 9.98. The van der Waals surface area contributed by atoms with E-state index >= 15 is 0 Å². The molecule has 1 aliphatic heterocycles. The van der Waals surface area contributed by atoms with E-state index in [1.54, 1.807) is 0 Å². The second-order valence-electron chi connectivity index (χ2n) is 3.89. The summed E-state index contributed by atoms with van der Waals surface area (Å²) in [6, 6.07) is 0. The normalized spacial score (nSPS) is 21.9. The molecule has 13 heavy (non-hydrogen) atoms. The number of nitrogens with one attached hydrogen (secondary N) is 1. The summed E-state index contributed by atoms with van der Waals surface area (Å²) in [5, 5.41) is 3.55. The highest BCUT2D eigenvalue weighted by molar-refractivity contribution is 4.87. The van der Waals surface area contributed by atoms with Crippen LogP contribution in [-0.2, 0) is 0 Å². The van der Waals surface area contributed by atoms with E-state index in [2.05, 4.69) is 31.1 Å². The Bertz CT molecular complexity index is 115. The first kappa shape index (κ1) is 12.9. The maximum Gasteiger partial charge on any atom is 0.0177 e. The number of nitrogens with zero attached hydrogens (tertiary/aromatic N) is 1. The molecule has 0 radical (unpaired) electrons. The van der Waals surface area contributed by atoms with Gasteiger partial charge in [0.05, 0.1) is 0 Å². The topological polar surface area (TPSA) is 15.3 Å². The van der Waals surface area contributed by atoms with Gasteiger partial charge in [-0.2, -0.15) is 0 Å². The number of likely N-dealkylation sites (tertiary alicyclic amines) is 1. The Balaban J connectivity index is 0.000000671. The molecule has 0 aromatic rings. The summed E-state index contributed by atoms with van der Waals surface area (Å²) >= 11 is 0. The van der Waals surface area contributed by atoms with Crippen LogP contribution in [-0.4, -0.2) is 37.1 Å². The monoisotopic (exact) mass is 186 g/mol. The molecule has 1 heterocycles. The number of hydrogen-bond donors (Lipinski definition) is 1. The van der Waals surface area contributed by atoms with Gasteiger partial charge in [-0.3, -0.25) is 0 Å². The Kier molecular flexibility index (Phi) is 6.35. The lowest BCUT2D eigenvalue weighted by Gasteiger charge is -2.38. The van der Waals surface area contributed by atoms with Crippen molar-refractivity contribution in [3.63, 3.8) is 0 Å². The molecule has 0 aromatic carbocycles. The van der Waals surface area contributed by atoms with Gasteiger partial charge in [0, 0.05) is 5.54 Å². The number of rotatable bonds is 2. The van der Waals surface area contributed by atoms with Crippen molar-refractivity contribution in [2.45, 2.75) is 46.1 Å². The summed E-state index contributed by atoms with van der Waals surface area (Å²) in [5.74, 6) is 0. The van der Waals surface area contributed by atoms with Crippen LogP contribution in [0.25, 0.3) is 0 Å². The van der Waals surface area contributed by atoms with E-state index < -0.39 is 0 Å². The van der Waals surface area contributed by atoms with Crippen molar-refractivity contribution in [1.29, 1.82) is 0 Å². The summed E-state index contributed by atoms with van der Waals surface area (Å²) in [4.78, 5) is 2.40. The maximum absolute atomic E-state index is 3.55. The van der Waals surface area contributed by atoms with Crippen molar-refractivity contribution in [2.24, 2.45) is 0 Å². The van der Waals surface area contributed by atoms with E-state index in [9.17, 15) is 0 Å². The molecule has 1 saturated heterocycles. The van der Waals surface area contributed by atoms with Crippen LogP contribution in [0.3, 0.4) is 0 Å². The Morgan fingerprint density at radius 1 is 1.23 bits per heavy atom. The van der Waals surface area contributed by atoms with Crippen LogP contribution in [0.5, 0.6) is 0 Å². The average Bonchev–Trinajstić information content (AvgIpc) is 2.15. The Hall–Kier alpha value is -0.0800. The quantitative estimate of drug-likeness (QED) is 0.710. The van der Waals surface area contributed by atoms with E-state index in [4.69, 9.17) is 0 Å². The van der Waals surface area contributed by atoms with Gasteiger partial charge in [-0.1, -0.05) is 20.8 Å². The highest BCUT2D eigenvalue weighted by Gasteiger charge is 2.26. The maximum atomic E-state index is 3.55. The molecule has 0 spiro atoms. The Labute approximate surface area is 83.7 Å². The predicted octanol–water partition coefficient (Wildman–Crippen LogP) is 2.11. The second kappa shape index (κ2) is 6.39. The highest BCUT2D eigenvalue weighted by Crippen LogP contribution is 2.19. The molecule has 1 aliphatic rings. The molecular weight excluding hydrogens is 160 g/mol. The zero-order chi connectivity index (χ0) is 10.3. The number of hydrogen-bond acceptors (Lipinski definition) is 2. The lowest BCUT2D eigenvalue weighted by Crippen LogP contribution is -2.50. The van der Waals surface area contributed by atoms with Crippen LogP contribution in [0.1, 0.15) is 40.5 Å². The van der Waals surface area contributed by atoms with Gasteiger partial charge < -0.3 is 10.2 Å².